The first kappa shape index (κ1) is 21.1. The highest BCUT2D eigenvalue weighted by Gasteiger charge is 2.27. The second-order valence-electron chi connectivity index (χ2n) is 7.12. The van der Waals surface area contributed by atoms with E-state index in [1.54, 1.807) is 25.8 Å². The van der Waals surface area contributed by atoms with Gasteiger partial charge in [-0.2, -0.15) is 5.10 Å². The molecular formula is C19H28N4O3S. The maximum atomic E-state index is 12.7. The van der Waals surface area contributed by atoms with E-state index in [2.05, 4.69) is 11.2 Å². The second kappa shape index (κ2) is 7.82. The molecule has 0 atom stereocenters. The Morgan fingerprint density at radius 2 is 1.74 bits per heavy atom. The van der Waals surface area contributed by atoms with Crippen molar-refractivity contribution in [2.75, 3.05) is 21.1 Å². The average Bonchev–Trinajstić information content (AvgIpc) is 2.84. The molecule has 2 rings (SSSR count). The number of benzene rings is 1. The van der Waals surface area contributed by atoms with Gasteiger partial charge < -0.3 is 4.90 Å². The molecule has 0 saturated heterocycles. The zero-order chi connectivity index (χ0) is 20.5. The molecule has 0 unspecified atom stereocenters. The van der Waals surface area contributed by atoms with Crippen LogP contribution in [0.25, 0.3) is 0 Å². The Labute approximate surface area is 161 Å². The number of aromatic nitrogens is 2. The van der Waals surface area contributed by atoms with Crippen LogP contribution < -0.4 is 0 Å². The lowest BCUT2D eigenvalue weighted by molar-refractivity contribution is -0.131. The van der Waals surface area contributed by atoms with Crippen LogP contribution in [0.3, 0.4) is 0 Å². The fraction of sp³-hybridized carbons (Fsp3) is 0.474. The summed E-state index contributed by atoms with van der Waals surface area (Å²) >= 11 is 0. The molecule has 0 aliphatic rings. The molecule has 1 amide bonds. The Hall–Kier alpha value is -2.19. The smallest absolute Gasteiger partial charge is 0.246 e. The van der Waals surface area contributed by atoms with Crippen molar-refractivity contribution in [3.8, 4) is 0 Å². The van der Waals surface area contributed by atoms with Crippen LogP contribution in [-0.4, -0.2) is 54.5 Å². The van der Waals surface area contributed by atoms with E-state index in [1.165, 1.54) is 24.3 Å². The lowest BCUT2D eigenvalue weighted by atomic mass is 10.1. The van der Waals surface area contributed by atoms with Crippen LogP contribution in [0.2, 0.25) is 0 Å². The van der Waals surface area contributed by atoms with Crippen LogP contribution in [0.4, 0.5) is 0 Å². The van der Waals surface area contributed by atoms with Crippen LogP contribution in [0.15, 0.2) is 23.1 Å². The summed E-state index contributed by atoms with van der Waals surface area (Å²) in [5.41, 5.74) is 4.27. The van der Waals surface area contributed by atoms with E-state index in [1.807, 2.05) is 26.0 Å². The van der Waals surface area contributed by atoms with E-state index in [0.717, 1.165) is 15.4 Å². The fourth-order valence-electron chi connectivity index (χ4n) is 3.01. The van der Waals surface area contributed by atoms with Crippen LogP contribution >= 0.6 is 0 Å². The number of likely N-dealkylation sites (N-methyl/N-ethyl adjacent to an activating group) is 1. The van der Waals surface area contributed by atoms with E-state index in [-0.39, 0.29) is 17.3 Å². The SMILES string of the molecule is Cc1ccc(CN(C)C(=O)Cn2nc(C)c(S(=O)(=O)N(C)C)c2C)c(C)c1. The van der Waals surface area contributed by atoms with E-state index < -0.39 is 10.0 Å². The molecule has 2 aromatic rings. The maximum Gasteiger partial charge on any atom is 0.246 e. The van der Waals surface area contributed by atoms with Crippen LogP contribution in [0.5, 0.6) is 0 Å². The molecule has 148 valence electrons. The number of rotatable bonds is 6. The molecule has 1 aromatic heterocycles. The highest BCUT2D eigenvalue weighted by molar-refractivity contribution is 7.89. The van der Waals surface area contributed by atoms with Crippen molar-refractivity contribution in [3.05, 3.63) is 46.3 Å². The van der Waals surface area contributed by atoms with Gasteiger partial charge in [-0.15, -0.1) is 0 Å². The number of hydrogen-bond donors (Lipinski definition) is 0. The summed E-state index contributed by atoms with van der Waals surface area (Å²) in [6.07, 6.45) is 0. The number of hydrogen-bond acceptors (Lipinski definition) is 4. The minimum atomic E-state index is -3.61. The van der Waals surface area contributed by atoms with Crippen molar-refractivity contribution in [3.63, 3.8) is 0 Å². The van der Waals surface area contributed by atoms with Gasteiger partial charge in [-0.25, -0.2) is 12.7 Å². The molecule has 0 radical (unpaired) electrons. The van der Waals surface area contributed by atoms with Gasteiger partial charge in [-0.3, -0.25) is 9.48 Å². The molecule has 0 spiro atoms. The van der Waals surface area contributed by atoms with Crippen LogP contribution in [0.1, 0.15) is 28.1 Å². The van der Waals surface area contributed by atoms with Gasteiger partial charge in [-0.1, -0.05) is 23.8 Å². The Morgan fingerprint density at radius 1 is 1.11 bits per heavy atom. The third kappa shape index (κ3) is 4.39. The van der Waals surface area contributed by atoms with Gasteiger partial charge in [0, 0.05) is 27.7 Å². The van der Waals surface area contributed by atoms with Crippen molar-refractivity contribution < 1.29 is 13.2 Å². The van der Waals surface area contributed by atoms with Gasteiger partial charge >= 0.3 is 0 Å². The minimum Gasteiger partial charge on any atom is -0.340 e. The number of carbonyl (C=O) groups excluding carboxylic acids is 1. The van der Waals surface area contributed by atoms with Crippen molar-refractivity contribution in [1.29, 1.82) is 0 Å². The lowest BCUT2D eigenvalue weighted by Gasteiger charge is -2.19. The first-order valence-electron chi connectivity index (χ1n) is 8.71. The van der Waals surface area contributed by atoms with E-state index in [0.29, 0.717) is 17.9 Å². The molecule has 0 aliphatic heterocycles. The fourth-order valence-corrected chi connectivity index (χ4v) is 4.26. The van der Waals surface area contributed by atoms with Gasteiger partial charge in [0.1, 0.15) is 11.4 Å². The molecule has 0 N–H and O–H groups in total. The summed E-state index contributed by atoms with van der Waals surface area (Å²) in [5.74, 6) is -0.130. The molecule has 0 aliphatic carbocycles. The van der Waals surface area contributed by atoms with Crippen molar-refractivity contribution >= 4 is 15.9 Å². The van der Waals surface area contributed by atoms with Gasteiger partial charge in [0.25, 0.3) is 0 Å². The molecular weight excluding hydrogens is 364 g/mol. The monoisotopic (exact) mass is 392 g/mol. The summed E-state index contributed by atoms with van der Waals surface area (Å²) in [6, 6.07) is 6.15. The van der Waals surface area contributed by atoms with Crippen molar-refractivity contribution in [2.45, 2.75) is 45.7 Å². The summed E-state index contributed by atoms with van der Waals surface area (Å²) in [5, 5.41) is 4.28. The number of carbonyl (C=O) groups is 1. The molecule has 0 bridgehead atoms. The molecule has 0 fully saturated rings. The van der Waals surface area contributed by atoms with Gasteiger partial charge in [-0.05, 0) is 38.8 Å². The Kier molecular flexibility index (Phi) is 6.11. The lowest BCUT2D eigenvalue weighted by Crippen LogP contribution is -2.31. The third-order valence-corrected chi connectivity index (χ3v) is 6.74. The molecule has 0 saturated carbocycles. The van der Waals surface area contributed by atoms with Crippen molar-refractivity contribution in [2.24, 2.45) is 0 Å². The van der Waals surface area contributed by atoms with Crippen LogP contribution in [0, 0.1) is 27.7 Å². The van der Waals surface area contributed by atoms with Crippen molar-refractivity contribution in [1.82, 2.24) is 19.0 Å². The number of aryl methyl sites for hydroxylation is 3. The summed E-state index contributed by atoms with van der Waals surface area (Å²) < 4.78 is 27.6. The highest BCUT2D eigenvalue weighted by atomic mass is 32.2. The molecule has 7 nitrogen and oxygen atoms in total. The van der Waals surface area contributed by atoms with Gasteiger partial charge in [0.05, 0.1) is 11.4 Å². The molecule has 27 heavy (non-hydrogen) atoms. The Bertz CT molecular complexity index is 962. The Morgan fingerprint density at radius 3 is 2.30 bits per heavy atom. The predicted octanol–water partition coefficient (Wildman–Crippen LogP) is 2.03. The zero-order valence-corrected chi connectivity index (χ0v) is 17.9. The number of nitrogens with zero attached hydrogens (tertiary/aromatic N) is 4. The summed E-state index contributed by atoms with van der Waals surface area (Å²) in [4.78, 5) is 14.5. The third-order valence-electron chi connectivity index (χ3n) is 4.67. The topological polar surface area (TPSA) is 75.5 Å². The van der Waals surface area contributed by atoms with E-state index in [4.69, 9.17) is 0 Å². The Balaban J connectivity index is 2.21. The maximum absolute atomic E-state index is 12.7. The second-order valence-corrected chi connectivity index (χ2v) is 9.21. The highest BCUT2D eigenvalue weighted by Crippen LogP contribution is 2.22. The normalized spacial score (nSPS) is 11.9. The molecule has 1 aromatic carbocycles. The summed E-state index contributed by atoms with van der Waals surface area (Å²) in [7, 11) is 1.10. The largest absolute Gasteiger partial charge is 0.340 e. The zero-order valence-electron chi connectivity index (χ0n) is 17.1. The first-order valence-corrected chi connectivity index (χ1v) is 10.2. The number of sulfonamides is 1. The summed E-state index contributed by atoms with van der Waals surface area (Å²) in [6.45, 7) is 7.87. The number of amides is 1. The molecule has 1 heterocycles. The standard InChI is InChI=1S/C19H28N4O3S/c1-13-8-9-17(14(2)10-13)11-22(7)18(24)12-23-16(4)19(15(3)20-23)27(25,26)21(5)6/h8-10H,11-12H2,1-7H3. The predicted molar refractivity (Wildman–Crippen MR) is 105 cm³/mol. The quantitative estimate of drug-likeness (QED) is 0.754. The average molecular weight is 393 g/mol. The first-order chi connectivity index (χ1) is 12.4. The van der Waals surface area contributed by atoms with E-state index >= 15 is 0 Å². The van der Waals surface area contributed by atoms with E-state index in [9.17, 15) is 13.2 Å². The van der Waals surface area contributed by atoms with Gasteiger partial charge in [0.15, 0.2) is 0 Å². The molecule has 8 heteroatoms. The van der Waals surface area contributed by atoms with Gasteiger partial charge in [0.2, 0.25) is 15.9 Å². The minimum absolute atomic E-state index is 0.00295. The van der Waals surface area contributed by atoms with Crippen LogP contribution in [-0.2, 0) is 27.9 Å².